The third-order valence-corrected chi connectivity index (χ3v) is 5.63. The van der Waals surface area contributed by atoms with Gasteiger partial charge in [0.25, 0.3) is 0 Å². The van der Waals surface area contributed by atoms with Gasteiger partial charge in [0.2, 0.25) is 0 Å². The van der Waals surface area contributed by atoms with Crippen LogP contribution in [0.15, 0.2) is 24.3 Å². The Hall–Kier alpha value is -0.860. The topological polar surface area (TPSA) is 29.5 Å². The van der Waals surface area contributed by atoms with Crippen molar-refractivity contribution in [2.75, 3.05) is 6.61 Å². The smallest absolute Gasteiger partial charge is 0.0758 e. The van der Waals surface area contributed by atoms with E-state index in [9.17, 15) is 5.11 Å². The predicted molar refractivity (Wildman–Crippen MR) is 74.1 cm³/mol. The number of aliphatic hydroxyl groups is 1. The maximum absolute atomic E-state index is 11.1. The van der Waals surface area contributed by atoms with Crippen LogP contribution in [0.1, 0.15) is 43.2 Å². The molecule has 0 radical (unpaired) electrons. The number of benzene rings is 1. The largest absolute Gasteiger partial charge is 0.389 e. The molecule has 0 aromatic heterocycles. The van der Waals surface area contributed by atoms with E-state index in [0.29, 0.717) is 5.92 Å². The van der Waals surface area contributed by atoms with Crippen LogP contribution in [-0.2, 0) is 17.6 Å². The molecular weight excluding hydrogens is 236 g/mol. The van der Waals surface area contributed by atoms with Crippen LogP contribution in [0, 0.1) is 5.92 Å². The molecule has 19 heavy (non-hydrogen) atoms. The molecule has 1 saturated carbocycles. The molecule has 1 saturated heterocycles. The molecule has 2 nitrogen and oxygen atoms in total. The third kappa shape index (κ3) is 1.85. The minimum absolute atomic E-state index is 0.132. The molecule has 0 amide bonds. The van der Waals surface area contributed by atoms with Crippen molar-refractivity contribution >= 4 is 0 Å². The van der Waals surface area contributed by atoms with Crippen LogP contribution in [0.3, 0.4) is 0 Å². The van der Waals surface area contributed by atoms with Gasteiger partial charge in [-0.25, -0.2) is 0 Å². The lowest BCUT2D eigenvalue weighted by Gasteiger charge is -2.50. The summed E-state index contributed by atoms with van der Waals surface area (Å²) in [6, 6.07) is 8.52. The highest BCUT2D eigenvalue weighted by Crippen LogP contribution is 2.49. The van der Waals surface area contributed by atoms with Crippen LogP contribution in [0.5, 0.6) is 0 Å². The molecule has 2 aliphatic carbocycles. The molecule has 3 aliphatic rings. The Kier molecular flexibility index (Phi) is 2.55. The fourth-order valence-corrected chi connectivity index (χ4v) is 4.32. The van der Waals surface area contributed by atoms with E-state index in [-0.39, 0.29) is 5.60 Å². The summed E-state index contributed by atoms with van der Waals surface area (Å²) in [7, 11) is 0. The Bertz CT molecular complexity index is 465. The quantitative estimate of drug-likeness (QED) is 0.839. The summed E-state index contributed by atoms with van der Waals surface area (Å²) in [5, 5.41) is 11.1. The zero-order valence-corrected chi connectivity index (χ0v) is 11.4. The Morgan fingerprint density at radius 3 is 2.37 bits per heavy atom. The summed E-state index contributed by atoms with van der Waals surface area (Å²) in [6.45, 7) is 0.837. The van der Waals surface area contributed by atoms with E-state index < -0.39 is 5.60 Å². The average molecular weight is 258 g/mol. The van der Waals surface area contributed by atoms with E-state index in [0.717, 1.165) is 32.3 Å². The van der Waals surface area contributed by atoms with Gasteiger partial charge in [-0.15, -0.1) is 0 Å². The van der Waals surface area contributed by atoms with Crippen LogP contribution in [0.4, 0.5) is 0 Å². The molecule has 1 heterocycles. The van der Waals surface area contributed by atoms with Crippen LogP contribution < -0.4 is 0 Å². The molecule has 1 aliphatic heterocycles. The van der Waals surface area contributed by atoms with Gasteiger partial charge in [-0.1, -0.05) is 24.3 Å². The van der Waals surface area contributed by atoms with Gasteiger partial charge in [-0.2, -0.15) is 0 Å². The van der Waals surface area contributed by atoms with E-state index in [1.807, 2.05) is 0 Å². The summed E-state index contributed by atoms with van der Waals surface area (Å²) in [6.07, 6.45) is 7.46. The standard InChI is InChI=1S/C17H22O2/c18-17(10-13-4-1-2-5-14(13)11-17)15-6-9-19-16(12-15)7-3-8-16/h1-2,4-5,15,18H,3,6-12H2. The lowest BCUT2D eigenvalue weighted by Crippen LogP contribution is -2.52. The van der Waals surface area contributed by atoms with Gasteiger partial charge in [0.15, 0.2) is 0 Å². The molecule has 1 aromatic carbocycles. The van der Waals surface area contributed by atoms with Gasteiger partial charge in [0.1, 0.15) is 0 Å². The van der Waals surface area contributed by atoms with E-state index >= 15 is 0 Å². The first-order valence-corrected chi connectivity index (χ1v) is 7.62. The normalized spacial score (nSPS) is 30.9. The fourth-order valence-electron chi connectivity index (χ4n) is 4.32. The molecule has 1 atom stereocenters. The van der Waals surface area contributed by atoms with Crippen LogP contribution in [-0.4, -0.2) is 22.9 Å². The molecule has 2 heteroatoms. The number of hydrogen-bond acceptors (Lipinski definition) is 2. The van der Waals surface area contributed by atoms with Crippen molar-refractivity contribution in [2.24, 2.45) is 5.92 Å². The van der Waals surface area contributed by atoms with Crippen molar-refractivity contribution in [1.29, 1.82) is 0 Å². The fraction of sp³-hybridized carbons (Fsp3) is 0.647. The van der Waals surface area contributed by atoms with Crippen LogP contribution in [0.2, 0.25) is 0 Å². The summed E-state index contributed by atoms with van der Waals surface area (Å²) in [4.78, 5) is 0. The van der Waals surface area contributed by atoms with Gasteiger partial charge >= 0.3 is 0 Å². The van der Waals surface area contributed by atoms with E-state index in [2.05, 4.69) is 24.3 Å². The van der Waals surface area contributed by atoms with Gasteiger partial charge in [0, 0.05) is 19.4 Å². The minimum Gasteiger partial charge on any atom is -0.389 e. The molecule has 1 unspecified atom stereocenters. The first-order chi connectivity index (χ1) is 9.19. The minimum atomic E-state index is -0.518. The molecule has 0 bridgehead atoms. The molecule has 1 N–H and O–H groups in total. The van der Waals surface area contributed by atoms with Crippen molar-refractivity contribution in [3.05, 3.63) is 35.4 Å². The molecular formula is C17H22O2. The highest BCUT2D eigenvalue weighted by Gasteiger charge is 2.50. The van der Waals surface area contributed by atoms with Gasteiger partial charge in [0.05, 0.1) is 11.2 Å². The molecule has 1 spiro atoms. The number of ether oxygens (including phenoxy) is 1. The Balaban J connectivity index is 1.56. The van der Waals surface area contributed by atoms with E-state index in [1.165, 1.54) is 30.4 Å². The van der Waals surface area contributed by atoms with Crippen molar-refractivity contribution in [3.63, 3.8) is 0 Å². The second-order valence-electron chi connectivity index (χ2n) is 6.80. The van der Waals surface area contributed by atoms with Crippen molar-refractivity contribution in [3.8, 4) is 0 Å². The Labute approximate surface area is 114 Å². The van der Waals surface area contributed by atoms with Crippen molar-refractivity contribution in [2.45, 2.75) is 56.1 Å². The molecule has 1 aromatic rings. The summed E-state index contributed by atoms with van der Waals surface area (Å²) < 4.78 is 6.00. The van der Waals surface area contributed by atoms with Gasteiger partial charge in [-0.05, 0) is 49.1 Å². The first-order valence-electron chi connectivity index (χ1n) is 7.62. The zero-order valence-electron chi connectivity index (χ0n) is 11.4. The molecule has 102 valence electrons. The summed E-state index contributed by atoms with van der Waals surface area (Å²) >= 11 is 0. The lowest BCUT2D eigenvalue weighted by atomic mass is 9.67. The van der Waals surface area contributed by atoms with E-state index in [4.69, 9.17) is 4.74 Å². The summed E-state index contributed by atoms with van der Waals surface area (Å²) in [5.41, 5.74) is 2.31. The van der Waals surface area contributed by atoms with Crippen LogP contribution in [0.25, 0.3) is 0 Å². The second kappa shape index (κ2) is 4.07. The SMILES string of the molecule is OC1(C2CCOC3(CCC3)C2)Cc2ccccc2C1. The van der Waals surface area contributed by atoms with Crippen molar-refractivity contribution in [1.82, 2.24) is 0 Å². The van der Waals surface area contributed by atoms with E-state index in [1.54, 1.807) is 0 Å². The maximum atomic E-state index is 11.1. The second-order valence-corrected chi connectivity index (χ2v) is 6.80. The highest BCUT2D eigenvalue weighted by atomic mass is 16.5. The zero-order chi connectivity index (χ0) is 12.9. The Morgan fingerprint density at radius 1 is 1.11 bits per heavy atom. The average Bonchev–Trinajstić information content (AvgIpc) is 2.75. The first kappa shape index (κ1) is 11.9. The highest BCUT2D eigenvalue weighted by molar-refractivity contribution is 5.35. The number of hydrogen-bond donors (Lipinski definition) is 1. The third-order valence-electron chi connectivity index (χ3n) is 5.63. The monoisotopic (exact) mass is 258 g/mol. The maximum Gasteiger partial charge on any atom is 0.0758 e. The van der Waals surface area contributed by atoms with Gasteiger partial charge < -0.3 is 9.84 Å². The van der Waals surface area contributed by atoms with Gasteiger partial charge in [-0.3, -0.25) is 0 Å². The van der Waals surface area contributed by atoms with Crippen LogP contribution >= 0.6 is 0 Å². The Morgan fingerprint density at radius 2 is 1.79 bits per heavy atom. The predicted octanol–water partition coefficient (Wildman–Crippen LogP) is 2.87. The lowest BCUT2D eigenvalue weighted by molar-refractivity contribution is -0.173. The molecule has 4 rings (SSSR count). The number of fused-ring (bicyclic) bond motifs is 1. The van der Waals surface area contributed by atoms with Crippen molar-refractivity contribution < 1.29 is 9.84 Å². The number of rotatable bonds is 1. The molecule has 2 fully saturated rings. The summed E-state index contributed by atoms with van der Waals surface area (Å²) in [5.74, 6) is 0.411.